The van der Waals surface area contributed by atoms with E-state index in [9.17, 15) is 8.78 Å². The summed E-state index contributed by atoms with van der Waals surface area (Å²) < 4.78 is 28.6. The van der Waals surface area contributed by atoms with Crippen molar-refractivity contribution in [3.63, 3.8) is 0 Å². The van der Waals surface area contributed by atoms with Gasteiger partial charge in [0.1, 0.15) is 0 Å². The normalized spacial score (nSPS) is 36.0. The van der Waals surface area contributed by atoms with Gasteiger partial charge in [0.05, 0.1) is 12.7 Å². The van der Waals surface area contributed by atoms with Crippen LogP contribution in [0, 0.1) is 5.92 Å². The number of alkyl halides is 2. The molecule has 0 saturated carbocycles. The Labute approximate surface area is 53.0 Å². The van der Waals surface area contributed by atoms with Gasteiger partial charge in [-0.15, -0.1) is 0 Å². The van der Waals surface area contributed by atoms with E-state index in [-0.39, 0.29) is 12.7 Å². The van der Waals surface area contributed by atoms with Crippen LogP contribution in [-0.4, -0.2) is 19.1 Å². The minimum Gasteiger partial charge on any atom is -0.378 e. The van der Waals surface area contributed by atoms with Crippen LogP contribution in [0.5, 0.6) is 0 Å². The Morgan fingerprint density at radius 3 is 2.44 bits per heavy atom. The van der Waals surface area contributed by atoms with Gasteiger partial charge in [-0.2, -0.15) is 0 Å². The average molecular weight is 136 g/mol. The van der Waals surface area contributed by atoms with Crippen LogP contribution in [0.15, 0.2) is 0 Å². The van der Waals surface area contributed by atoms with Crippen LogP contribution in [0.1, 0.15) is 13.3 Å². The summed E-state index contributed by atoms with van der Waals surface area (Å²) in [7, 11) is 0. The monoisotopic (exact) mass is 136 g/mol. The highest BCUT2D eigenvalue weighted by atomic mass is 19.3. The van der Waals surface area contributed by atoms with Crippen LogP contribution in [0.4, 0.5) is 8.78 Å². The van der Waals surface area contributed by atoms with E-state index in [4.69, 9.17) is 4.74 Å². The second-order valence-electron chi connectivity index (χ2n) is 2.47. The molecule has 0 N–H and O–H groups in total. The van der Waals surface area contributed by atoms with E-state index < -0.39 is 12.3 Å². The first-order valence-corrected chi connectivity index (χ1v) is 3.10. The molecule has 0 aromatic rings. The molecule has 54 valence electrons. The summed E-state index contributed by atoms with van der Waals surface area (Å²) in [5.41, 5.74) is 0. The molecule has 0 bridgehead atoms. The number of hydrogen-bond donors (Lipinski definition) is 0. The lowest BCUT2D eigenvalue weighted by atomic mass is 10.1. The van der Waals surface area contributed by atoms with Gasteiger partial charge in [0.15, 0.2) is 0 Å². The summed E-state index contributed by atoms with van der Waals surface area (Å²) in [6, 6.07) is 0. The molecular weight excluding hydrogens is 126 g/mol. The number of hydrogen-bond acceptors (Lipinski definition) is 1. The Hall–Kier alpha value is -0.180. The zero-order valence-electron chi connectivity index (χ0n) is 5.31. The first-order valence-electron chi connectivity index (χ1n) is 3.10. The number of halogens is 2. The zero-order chi connectivity index (χ0) is 6.85. The molecule has 1 aliphatic heterocycles. The van der Waals surface area contributed by atoms with Gasteiger partial charge in [0.2, 0.25) is 6.43 Å². The second kappa shape index (κ2) is 2.60. The van der Waals surface area contributed by atoms with E-state index in [2.05, 4.69) is 0 Å². The molecule has 0 aromatic heterocycles. The fraction of sp³-hybridized carbons (Fsp3) is 1.00. The van der Waals surface area contributed by atoms with E-state index in [0.29, 0.717) is 6.42 Å². The molecule has 9 heavy (non-hydrogen) atoms. The van der Waals surface area contributed by atoms with Crippen molar-refractivity contribution in [3.05, 3.63) is 0 Å². The van der Waals surface area contributed by atoms with Crippen LogP contribution in [-0.2, 0) is 4.74 Å². The smallest absolute Gasteiger partial charge is 0.243 e. The summed E-state index contributed by atoms with van der Waals surface area (Å²) >= 11 is 0. The maximum Gasteiger partial charge on any atom is 0.243 e. The van der Waals surface area contributed by atoms with Crippen molar-refractivity contribution in [1.82, 2.24) is 0 Å². The minimum atomic E-state index is -2.20. The molecule has 2 atom stereocenters. The molecule has 1 nitrogen and oxygen atoms in total. The quantitative estimate of drug-likeness (QED) is 0.532. The summed E-state index contributed by atoms with van der Waals surface area (Å²) in [5, 5.41) is 0. The maximum absolute atomic E-state index is 11.8. The van der Waals surface area contributed by atoms with Gasteiger partial charge in [-0.3, -0.25) is 0 Å². The van der Waals surface area contributed by atoms with Gasteiger partial charge >= 0.3 is 0 Å². The molecule has 1 rings (SSSR count). The molecule has 0 aromatic carbocycles. The van der Waals surface area contributed by atoms with Crippen molar-refractivity contribution in [3.8, 4) is 0 Å². The van der Waals surface area contributed by atoms with E-state index in [0.717, 1.165) is 0 Å². The predicted octanol–water partition coefficient (Wildman–Crippen LogP) is 1.68. The van der Waals surface area contributed by atoms with E-state index in [1.807, 2.05) is 6.92 Å². The third-order valence-electron chi connectivity index (χ3n) is 1.59. The van der Waals surface area contributed by atoms with E-state index in [1.165, 1.54) is 0 Å². The Morgan fingerprint density at radius 1 is 1.56 bits per heavy atom. The van der Waals surface area contributed by atoms with Crippen molar-refractivity contribution in [2.45, 2.75) is 25.9 Å². The molecule has 1 heterocycles. The Bertz CT molecular complexity index is 95.1. The van der Waals surface area contributed by atoms with Crippen LogP contribution >= 0.6 is 0 Å². The molecule has 1 aliphatic rings. The summed E-state index contributed by atoms with van der Waals surface area (Å²) in [4.78, 5) is 0. The first kappa shape index (κ1) is 6.93. The minimum absolute atomic E-state index is 0.0315. The van der Waals surface area contributed by atoms with Crippen LogP contribution in [0.25, 0.3) is 0 Å². The molecule has 0 amide bonds. The topological polar surface area (TPSA) is 9.23 Å². The van der Waals surface area contributed by atoms with Gasteiger partial charge in [0.25, 0.3) is 0 Å². The van der Waals surface area contributed by atoms with Crippen molar-refractivity contribution in [2.75, 3.05) is 6.61 Å². The maximum atomic E-state index is 11.8. The van der Waals surface area contributed by atoms with E-state index >= 15 is 0 Å². The molecule has 1 saturated heterocycles. The van der Waals surface area contributed by atoms with Crippen molar-refractivity contribution >= 4 is 0 Å². The van der Waals surface area contributed by atoms with Gasteiger partial charge in [-0.1, -0.05) is 0 Å². The number of rotatable bonds is 1. The molecule has 0 aliphatic carbocycles. The summed E-state index contributed by atoms with van der Waals surface area (Å²) in [6.45, 7) is 2.06. The highest BCUT2D eigenvalue weighted by Gasteiger charge is 2.29. The lowest BCUT2D eigenvalue weighted by Gasteiger charge is -2.02. The third-order valence-corrected chi connectivity index (χ3v) is 1.59. The lowest BCUT2D eigenvalue weighted by molar-refractivity contribution is 0.0603. The summed E-state index contributed by atoms with van der Waals surface area (Å²) in [6.07, 6.45) is -1.66. The Morgan fingerprint density at radius 2 is 2.22 bits per heavy atom. The first-order chi connectivity index (χ1) is 4.20. The fourth-order valence-electron chi connectivity index (χ4n) is 1.03. The molecule has 3 heteroatoms. The second-order valence-corrected chi connectivity index (χ2v) is 2.47. The van der Waals surface area contributed by atoms with E-state index in [1.54, 1.807) is 0 Å². The van der Waals surface area contributed by atoms with Gasteiger partial charge in [-0.25, -0.2) is 8.78 Å². The highest BCUT2D eigenvalue weighted by Crippen LogP contribution is 2.24. The van der Waals surface area contributed by atoms with Crippen molar-refractivity contribution in [1.29, 1.82) is 0 Å². The van der Waals surface area contributed by atoms with Crippen molar-refractivity contribution in [2.24, 2.45) is 5.92 Å². The largest absolute Gasteiger partial charge is 0.378 e. The SMILES string of the molecule is CC1CC(C(F)F)CO1. The molecule has 1 fully saturated rings. The average Bonchev–Trinajstić information content (AvgIpc) is 2.14. The van der Waals surface area contributed by atoms with Crippen molar-refractivity contribution < 1.29 is 13.5 Å². The highest BCUT2D eigenvalue weighted by molar-refractivity contribution is 4.71. The predicted molar refractivity (Wildman–Crippen MR) is 29.5 cm³/mol. The Kier molecular flexibility index (Phi) is 2.01. The van der Waals surface area contributed by atoms with Crippen LogP contribution < -0.4 is 0 Å². The molecular formula is C6H10F2O. The zero-order valence-corrected chi connectivity index (χ0v) is 5.31. The van der Waals surface area contributed by atoms with Crippen LogP contribution in [0.2, 0.25) is 0 Å². The number of ether oxygens (including phenoxy) is 1. The standard InChI is InChI=1S/C6H10F2O/c1-4-2-5(3-9-4)6(7)8/h4-6H,2-3H2,1H3. The van der Waals surface area contributed by atoms with Gasteiger partial charge in [0, 0.05) is 5.92 Å². The lowest BCUT2D eigenvalue weighted by Crippen LogP contribution is -2.10. The summed E-state index contributed by atoms with van der Waals surface area (Å²) in [5.74, 6) is -0.514. The Balaban J connectivity index is 2.30. The molecule has 0 spiro atoms. The fourth-order valence-corrected chi connectivity index (χ4v) is 1.03. The molecule has 2 unspecified atom stereocenters. The van der Waals surface area contributed by atoms with Gasteiger partial charge in [-0.05, 0) is 13.3 Å². The third kappa shape index (κ3) is 1.61. The van der Waals surface area contributed by atoms with Gasteiger partial charge < -0.3 is 4.74 Å². The molecule has 0 radical (unpaired) electrons. The van der Waals surface area contributed by atoms with Crippen LogP contribution in [0.3, 0.4) is 0 Å².